The van der Waals surface area contributed by atoms with Crippen molar-refractivity contribution in [1.82, 2.24) is 0 Å². The summed E-state index contributed by atoms with van der Waals surface area (Å²) in [6, 6.07) is 13.6. The van der Waals surface area contributed by atoms with Gasteiger partial charge in [0.1, 0.15) is 11.5 Å². The zero-order valence-corrected chi connectivity index (χ0v) is 11.1. The monoisotopic (exact) mass is 272 g/mol. The van der Waals surface area contributed by atoms with E-state index in [0.29, 0.717) is 17.7 Å². The molecule has 2 rings (SSSR count). The zero-order valence-electron chi connectivity index (χ0n) is 11.1. The van der Waals surface area contributed by atoms with Crippen LogP contribution in [-0.2, 0) is 11.2 Å². The molecule has 0 aliphatic carbocycles. The maximum Gasteiger partial charge on any atom is 0.311 e. The predicted octanol–water partition coefficient (Wildman–Crippen LogP) is 2.81. The van der Waals surface area contributed by atoms with E-state index in [4.69, 9.17) is 4.74 Å². The molecule has 104 valence electrons. The summed E-state index contributed by atoms with van der Waals surface area (Å²) in [7, 11) is 1.55. The van der Waals surface area contributed by atoms with Crippen LogP contribution in [0.15, 0.2) is 48.5 Å². The molecule has 20 heavy (non-hydrogen) atoms. The molecule has 2 N–H and O–H groups in total. The number of rotatable bonds is 5. The molecule has 2 aromatic carbocycles. The van der Waals surface area contributed by atoms with Gasteiger partial charge in [0.05, 0.1) is 13.0 Å². The number of aromatic hydroxyl groups is 1. The van der Waals surface area contributed by atoms with E-state index in [0.717, 1.165) is 5.56 Å². The largest absolute Gasteiger partial charge is 0.508 e. The number of phenolic OH excluding ortho intramolecular Hbond substituents is 1. The van der Waals surface area contributed by atoms with Crippen molar-refractivity contribution in [3.05, 3.63) is 59.7 Å². The van der Waals surface area contributed by atoms with Gasteiger partial charge in [-0.2, -0.15) is 0 Å². The third-order valence-electron chi connectivity index (χ3n) is 3.17. The van der Waals surface area contributed by atoms with E-state index in [2.05, 4.69) is 0 Å². The molecule has 0 aliphatic rings. The Labute approximate surface area is 117 Å². The van der Waals surface area contributed by atoms with Gasteiger partial charge >= 0.3 is 5.97 Å². The second-order valence-corrected chi connectivity index (χ2v) is 4.54. The predicted molar refractivity (Wildman–Crippen MR) is 75.2 cm³/mol. The van der Waals surface area contributed by atoms with Gasteiger partial charge in [-0.15, -0.1) is 0 Å². The molecule has 2 aromatic rings. The molecular weight excluding hydrogens is 256 g/mol. The Hall–Kier alpha value is -2.49. The minimum absolute atomic E-state index is 0.169. The number of carboxylic acid groups (broad SMARTS) is 1. The number of phenols is 1. The van der Waals surface area contributed by atoms with Crippen molar-refractivity contribution in [2.75, 3.05) is 7.11 Å². The minimum atomic E-state index is -0.883. The van der Waals surface area contributed by atoms with Crippen LogP contribution in [0.1, 0.15) is 17.0 Å². The number of methoxy groups -OCH3 is 1. The smallest absolute Gasteiger partial charge is 0.311 e. The van der Waals surface area contributed by atoms with Crippen LogP contribution in [0.2, 0.25) is 0 Å². The summed E-state index contributed by atoms with van der Waals surface area (Å²) in [5, 5.41) is 18.7. The number of hydrogen-bond donors (Lipinski definition) is 2. The summed E-state index contributed by atoms with van der Waals surface area (Å²) in [5.74, 6) is -0.720. The first-order valence-corrected chi connectivity index (χ1v) is 6.25. The highest BCUT2D eigenvalue weighted by atomic mass is 16.5. The quantitative estimate of drug-likeness (QED) is 0.878. The highest BCUT2D eigenvalue weighted by Crippen LogP contribution is 2.25. The topological polar surface area (TPSA) is 66.8 Å². The van der Waals surface area contributed by atoms with Crippen molar-refractivity contribution in [3.8, 4) is 11.5 Å². The molecule has 0 aromatic heterocycles. The van der Waals surface area contributed by atoms with Gasteiger partial charge in [-0.3, -0.25) is 4.79 Å². The molecule has 0 bridgehead atoms. The van der Waals surface area contributed by atoms with Crippen LogP contribution in [0, 0.1) is 0 Å². The summed E-state index contributed by atoms with van der Waals surface area (Å²) in [4.78, 5) is 11.5. The van der Waals surface area contributed by atoms with Crippen molar-refractivity contribution < 1.29 is 19.7 Å². The van der Waals surface area contributed by atoms with E-state index in [1.165, 1.54) is 0 Å². The second kappa shape index (κ2) is 6.10. The third-order valence-corrected chi connectivity index (χ3v) is 3.17. The van der Waals surface area contributed by atoms with Gasteiger partial charge in [0, 0.05) is 0 Å². The molecule has 0 saturated carbocycles. The molecule has 0 radical (unpaired) electrons. The van der Waals surface area contributed by atoms with Crippen LogP contribution in [0.4, 0.5) is 0 Å². The first-order valence-electron chi connectivity index (χ1n) is 6.25. The SMILES string of the molecule is COc1cccc(C(Cc2ccc(O)cc2)C(=O)O)c1. The van der Waals surface area contributed by atoms with Crippen molar-refractivity contribution in [2.24, 2.45) is 0 Å². The van der Waals surface area contributed by atoms with E-state index in [1.807, 2.05) is 0 Å². The van der Waals surface area contributed by atoms with Gasteiger partial charge in [-0.1, -0.05) is 24.3 Å². The second-order valence-electron chi connectivity index (χ2n) is 4.54. The lowest BCUT2D eigenvalue weighted by Crippen LogP contribution is -2.14. The Morgan fingerprint density at radius 3 is 2.50 bits per heavy atom. The number of aliphatic carboxylic acids is 1. The molecule has 0 spiro atoms. The Balaban J connectivity index is 2.26. The lowest BCUT2D eigenvalue weighted by molar-refractivity contribution is -0.138. The van der Waals surface area contributed by atoms with Gasteiger partial charge in [-0.25, -0.2) is 0 Å². The Morgan fingerprint density at radius 1 is 1.20 bits per heavy atom. The maximum absolute atomic E-state index is 11.5. The number of carbonyl (C=O) groups is 1. The molecule has 0 heterocycles. The van der Waals surface area contributed by atoms with Gasteiger partial charge in [0.15, 0.2) is 0 Å². The van der Waals surface area contributed by atoms with Gasteiger partial charge in [0.25, 0.3) is 0 Å². The maximum atomic E-state index is 11.5. The average molecular weight is 272 g/mol. The summed E-state index contributed by atoms with van der Waals surface area (Å²) >= 11 is 0. The summed E-state index contributed by atoms with van der Waals surface area (Å²) in [5.41, 5.74) is 1.56. The van der Waals surface area contributed by atoms with Crippen LogP contribution >= 0.6 is 0 Å². The number of benzene rings is 2. The standard InChI is InChI=1S/C16H16O4/c1-20-14-4-2-3-12(10-14)15(16(18)19)9-11-5-7-13(17)8-6-11/h2-8,10,15,17H,9H2,1H3,(H,18,19). The van der Waals surface area contributed by atoms with Crippen LogP contribution in [0.3, 0.4) is 0 Å². The molecule has 4 nitrogen and oxygen atoms in total. The zero-order chi connectivity index (χ0) is 14.5. The fraction of sp³-hybridized carbons (Fsp3) is 0.188. The van der Waals surface area contributed by atoms with E-state index in [1.54, 1.807) is 55.6 Å². The highest BCUT2D eigenvalue weighted by Gasteiger charge is 2.20. The van der Waals surface area contributed by atoms with Gasteiger partial charge in [0.2, 0.25) is 0 Å². The molecule has 0 amide bonds. The molecule has 0 aliphatic heterocycles. The fourth-order valence-electron chi connectivity index (χ4n) is 2.07. The summed E-state index contributed by atoms with van der Waals surface area (Å²) in [6.07, 6.45) is 0.364. The van der Waals surface area contributed by atoms with E-state index in [9.17, 15) is 15.0 Å². The van der Waals surface area contributed by atoms with Crippen LogP contribution in [0.25, 0.3) is 0 Å². The molecule has 1 atom stereocenters. The fourth-order valence-corrected chi connectivity index (χ4v) is 2.07. The van der Waals surface area contributed by atoms with E-state index < -0.39 is 11.9 Å². The average Bonchev–Trinajstić information content (AvgIpc) is 2.46. The van der Waals surface area contributed by atoms with E-state index in [-0.39, 0.29) is 5.75 Å². The molecular formula is C16H16O4. The Bertz CT molecular complexity index is 590. The van der Waals surface area contributed by atoms with Crippen molar-refractivity contribution in [1.29, 1.82) is 0 Å². The van der Waals surface area contributed by atoms with Crippen molar-refractivity contribution >= 4 is 5.97 Å². The summed E-state index contributed by atoms with van der Waals surface area (Å²) in [6.45, 7) is 0. The Kier molecular flexibility index (Phi) is 4.25. The normalized spacial score (nSPS) is 11.8. The summed E-state index contributed by atoms with van der Waals surface area (Å²) < 4.78 is 5.12. The highest BCUT2D eigenvalue weighted by molar-refractivity contribution is 5.76. The number of hydrogen-bond acceptors (Lipinski definition) is 3. The van der Waals surface area contributed by atoms with Crippen LogP contribution < -0.4 is 4.74 Å². The van der Waals surface area contributed by atoms with Crippen LogP contribution in [-0.4, -0.2) is 23.3 Å². The first kappa shape index (κ1) is 13.9. The molecule has 0 saturated heterocycles. The lowest BCUT2D eigenvalue weighted by Gasteiger charge is -2.14. The van der Waals surface area contributed by atoms with E-state index >= 15 is 0 Å². The molecule has 0 fully saturated rings. The van der Waals surface area contributed by atoms with Crippen LogP contribution in [0.5, 0.6) is 11.5 Å². The van der Waals surface area contributed by atoms with Gasteiger partial charge in [-0.05, 0) is 41.8 Å². The lowest BCUT2D eigenvalue weighted by atomic mass is 9.92. The number of ether oxygens (including phenoxy) is 1. The van der Waals surface area contributed by atoms with Crippen molar-refractivity contribution in [2.45, 2.75) is 12.3 Å². The first-order chi connectivity index (χ1) is 9.60. The number of carboxylic acids is 1. The minimum Gasteiger partial charge on any atom is -0.508 e. The van der Waals surface area contributed by atoms with Crippen molar-refractivity contribution in [3.63, 3.8) is 0 Å². The molecule has 1 unspecified atom stereocenters. The Morgan fingerprint density at radius 2 is 1.90 bits per heavy atom. The van der Waals surface area contributed by atoms with Gasteiger partial charge < -0.3 is 14.9 Å². The third kappa shape index (κ3) is 3.29. The molecule has 4 heteroatoms.